The predicted octanol–water partition coefficient (Wildman–Crippen LogP) is 2.49. The highest BCUT2D eigenvalue weighted by molar-refractivity contribution is 5.93. The molecule has 4 rings (SSSR count). The number of nitrogens with zero attached hydrogens (tertiary/aromatic N) is 4. The molecule has 10 heteroatoms. The van der Waals surface area contributed by atoms with Crippen LogP contribution in [-0.2, 0) is 5.41 Å². The van der Waals surface area contributed by atoms with Gasteiger partial charge in [-0.2, -0.15) is 23.4 Å². The van der Waals surface area contributed by atoms with Crippen molar-refractivity contribution in [1.82, 2.24) is 20.0 Å². The molecule has 1 N–H and O–H groups in total. The fourth-order valence-corrected chi connectivity index (χ4v) is 3.20. The smallest absolute Gasteiger partial charge is 0.342 e. The summed E-state index contributed by atoms with van der Waals surface area (Å²) < 4.78 is 46.7. The summed E-state index contributed by atoms with van der Waals surface area (Å²) in [6.07, 6.45) is -3.30. The molecule has 1 saturated carbocycles. The number of nitrogens with one attached hydrogen (secondary N) is 1. The molecule has 0 radical (unpaired) electrons. The molecule has 2 aliphatic rings. The van der Waals surface area contributed by atoms with Crippen molar-refractivity contribution in [1.29, 1.82) is 5.26 Å². The summed E-state index contributed by atoms with van der Waals surface area (Å²) in [6.45, 7) is -0.692. The molecule has 2 aromatic heterocycles. The lowest BCUT2D eigenvalue weighted by Crippen LogP contribution is -2.46. The van der Waals surface area contributed by atoms with Crippen LogP contribution in [0.15, 0.2) is 16.7 Å². The molecule has 1 atom stereocenters. The van der Waals surface area contributed by atoms with Crippen LogP contribution in [-0.4, -0.2) is 45.2 Å². The first-order valence-electron chi connectivity index (χ1n) is 8.13. The van der Waals surface area contributed by atoms with E-state index in [0.717, 1.165) is 17.7 Å². The first-order chi connectivity index (χ1) is 12.3. The third-order valence-electron chi connectivity index (χ3n) is 4.93. The Labute approximate surface area is 145 Å². The van der Waals surface area contributed by atoms with Crippen LogP contribution in [0.1, 0.15) is 53.1 Å². The fraction of sp³-hybridized carbons (Fsp3) is 0.500. The van der Waals surface area contributed by atoms with Crippen molar-refractivity contribution in [3.63, 3.8) is 0 Å². The third-order valence-corrected chi connectivity index (χ3v) is 4.93. The number of amides is 1. The van der Waals surface area contributed by atoms with E-state index in [2.05, 4.69) is 15.1 Å². The average Bonchev–Trinajstić information content (AvgIpc) is 3.07. The molecule has 1 amide bonds. The van der Waals surface area contributed by atoms with Crippen molar-refractivity contribution < 1.29 is 22.5 Å². The van der Waals surface area contributed by atoms with E-state index >= 15 is 0 Å². The lowest BCUT2D eigenvalue weighted by atomic mass is 9.86. The summed E-state index contributed by atoms with van der Waals surface area (Å²) in [5.74, 6) is -0.706. The van der Waals surface area contributed by atoms with Crippen LogP contribution in [0.25, 0.3) is 0 Å². The van der Waals surface area contributed by atoms with Gasteiger partial charge in [-0.1, -0.05) is 5.16 Å². The Kier molecular flexibility index (Phi) is 3.57. The first-order valence-corrected chi connectivity index (χ1v) is 8.13. The molecule has 1 unspecified atom stereocenters. The summed E-state index contributed by atoms with van der Waals surface area (Å²) in [5.41, 5.74) is -2.13. The number of alkyl halides is 3. The van der Waals surface area contributed by atoms with Gasteiger partial charge in [0.1, 0.15) is 17.5 Å². The van der Waals surface area contributed by atoms with Crippen LogP contribution in [0.5, 0.6) is 0 Å². The molecule has 7 nitrogen and oxygen atoms in total. The van der Waals surface area contributed by atoms with Crippen LogP contribution in [0, 0.1) is 11.3 Å². The molecular formula is C16H14F3N5O2. The second-order valence-corrected chi connectivity index (χ2v) is 6.69. The molecule has 26 heavy (non-hydrogen) atoms. The maximum atomic E-state index is 13.9. The van der Waals surface area contributed by atoms with E-state index < -0.39 is 29.9 Å². The van der Waals surface area contributed by atoms with E-state index in [1.807, 2.05) is 6.07 Å². The van der Waals surface area contributed by atoms with Gasteiger partial charge in [0.05, 0.1) is 0 Å². The van der Waals surface area contributed by atoms with Gasteiger partial charge in [0, 0.05) is 19.0 Å². The number of halogens is 3. The van der Waals surface area contributed by atoms with E-state index in [1.165, 1.54) is 12.1 Å². The third kappa shape index (κ3) is 2.55. The lowest BCUT2D eigenvalue weighted by Gasteiger charge is -2.27. The van der Waals surface area contributed by atoms with Gasteiger partial charge in [-0.25, -0.2) is 0 Å². The molecule has 2 fully saturated rings. The first kappa shape index (κ1) is 16.6. The van der Waals surface area contributed by atoms with Crippen molar-refractivity contribution in [2.75, 3.05) is 13.1 Å². The number of aromatic nitrogens is 3. The fourth-order valence-electron chi connectivity index (χ4n) is 3.20. The average molecular weight is 365 g/mol. The zero-order valence-electron chi connectivity index (χ0n) is 13.5. The van der Waals surface area contributed by atoms with E-state index in [-0.39, 0.29) is 30.3 Å². The van der Waals surface area contributed by atoms with Gasteiger partial charge < -0.3 is 14.4 Å². The maximum Gasteiger partial charge on any atom is 0.405 e. The zero-order valence-corrected chi connectivity index (χ0v) is 13.5. The molecule has 1 saturated heterocycles. The van der Waals surface area contributed by atoms with Crippen molar-refractivity contribution >= 4 is 5.91 Å². The number of aromatic amines is 1. The monoisotopic (exact) mass is 365 g/mol. The zero-order chi connectivity index (χ0) is 18.5. The van der Waals surface area contributed by atoms with Gasteiger partial charge in [0.25, 0.3) is 5.91 Å². The van der Waals surface area contributed by atoms with Crippen LogP contribution in [0.2, 0.25) is 0 Å². The normalized spacial score (nSPS) is 23.2. The number of nitriles is 1. The molecule has 0 spiro atoms. The topological polar surface area (TPSA) is 98.8 Å². The minimum absolute atomic E-state index is 0.0697. The summed E-state index contributed by atoms with van der Waals surface area (Å²) in [7, 11) is 0. The van der Waals surface area contributed by atoms with Crippen LogP contribution in [0.4, 0.5) is 13.2 Å². The van der Waals surface area contributed by atoms with Crippen molar-refractivity contribution in [2.24, 2.45) is 0 Å². The summed E-state index contributed by atoms with van der Waals surface area (Å²) in [4.78, 5) is 20.2. The second-order valence-electron chi connectivity index (χ2n) is 6.69. The van der Waals surface area contributed by atoms with Gasteiger partial charge in [0.15, 0.2) is 11.2 Å². The predicted molar refractivity (Wildman–Crippen MR) is 80.0 cm³/mol. The van der Waals surface area contributed by atoms with E-state index in [0.29, 0.717) is 5.82 Å². The van der Waals surface area contributed by atoms with Crippen molar-refractivity contribution in [2.45, 2.75) is 36.8 Å². The number of hydrogen-bond acceptors (Lipinski definition) is 5. The minimum atomic E-state index is -4.64. The van der Waals surface area contributed by atoms with Gasteiger partial charge >= 0.3 is 6.18 Å². The van der Waals surface area contributed by atoms with Crippen molar-refractivity contribution in [3.05, 3.63) is 35.2 Å². The summed E-state index contributed by atoms with van der Waals surface area (Å²) >= 11 is 0. The van der Waals surface area contributed by atoms with Crippen LogP contribution >= 0.6 is 0 Å². The summed E-state index contributed by atoms with van der Waals surface area (Å²) in [6, 6.07) is 4.62. The van der Waals surface area contributed by atoms with Gasteiger partial charge in [-0.05, 0) is 31.4 Å². The highest BCUT2D eigenvalue weighted by Crippen LogP contribution is 2.48. The second kappa shape index (κ2) is 5.59. The molecule has 1 aliphatic heterocycles. The maximum absolute atomic E-state index is 13.9. The molecule has 1 aliphatic carbocycles. The largest absolute Gasteiger partial charge is 0.405 e. The Morgan fingerprint density at radius 2 is 2.19 bits per heavy atom. The molecule has 0 bridgehead atoms. The number of carbonyl (C=O) groups is 1. The quantitative estimate of drug-likeness (QED) is 0.901. The molecule has 2 aromatic rings. The summed E-state index contributed by atoms with van der Waals surface area (Å²) in [5, 5.41) is 12.5. The van der Waals surface area contributed by atoms with Crippen molar-refractivity contribution in [3.8, 4) is 6.07 Å². The number of hydrogen-bond donors (Lipinski definition) is 1. The standard InChI is InChI=1S/C16H14F3N5O2/c17-16(18,19)15(14-22-12(23-26-14)9-1-2-9)5-6-24(8-15)13(25)11-4-3-10(7-20)21-11/h3-4,9,21H,1-2,5-6,8H2. The van der Waals surface area contributed by atoms with Gasteiger partial charge in [-0.3, -0.25) is 4.79 Å². The number of H-pyrrole nitrogens is 1. The van der Waals surface area contributed by atoms with Crippen LogP contribution < -0.4 is 0 Å². The number of carbonyl (C=O) groups excluding carboxylic acids is 1. The molecular weight excluding hydrogens is 351 g/mol. The molecule has 3 heterocycles. The Morgan fingerprint density at radius 3 is 2.81 bits per heavy atom. The van der Waals surface area contributed by atoms with Gasteiger partial charge in [-0.15, -0.1) is 0 Å². The Hall–Kier alpha value is -2.83. The Balaban J connectivity index is 1.62. The molecule has 0 aromatic carbocycles. The van der Waals surface area contributed by atoms with Crippen LogP contribution in [0.3, 0.4) is 0 Å². The SMILES string of the molecule is N#Cc1ccc(C(=O)N2CCC(c3nc(C4CC4)no3)(C(F)(F)F)C2)[nH]1. The lowest BCUT2D eigenvalue weighted by molar-refractivity contribution is -0.193. The van der Waals surface area contributed by atoms with E-state index in [4.69, 9.17) is 9.78 Å². The Morgan fingerprint density at radius 1 is 1.42 bits per heavy atom. The highest BCUT2D eigenvalue weighted by atomic mass is 19.4. The van der Waals surface area contributed by atoms with E-state index in [9.17, 15) is 18.0 Å². The molecule has 136 valence electrons. The Bertz CT molecular complexity index is 892. The minimum Gasteiger partial charge on any atom is -0.342 e. The number of rotatable bonds is 3. The highest BCUT2D eigenvalue weighted by Gasteiger charge is 2.63. The number of likely N-dealkylation sites (tertiary alicyclic amines) is 1. The van der Waals surface area contributed by atoms with Gasteiger partial charge in [0.2, 0.25) is 5.89 Å². The van der Waals surface area contributed by atoms with E-state index in [1.54, 1.807) is 0 Å².